The van der Waals surface area contributed by atoms with Gasteiger partial charge in [0, 0.05) is 29.1 Å². The number of cyclic esters (lactones) is 1. The number of aliphatic hydroxyl groups excluding tert-OH is 1. The van der Waals surface area contributed by atoms with Crippen LogP contribution in [0.15, 0.2) is 40.7 Å². The van der Waals surface area contributed by atoms with Crippen molar-refractivity contribution in [1.29, 1.82) is 0 Å². The smallest absolute Gasteiger partial charge is 0.342 e. The molecule has 2 aromatic rings. The zero-order valence-electron chi connectivity index (χ0n) is 16.2. The molecule has 7 heteroatoms. The molecule has 148 valence electrons. The van der Waals surface area contributed by atoms with Crippen molar-refractivity contribution in [1.82, 2.24) is 4.57 Å². The van der Waals surface area contributed by atoms with Gasteiger partial charge in [-0.15, -0.1) is 0 Å². The SMILES string of the molecule is C/C(Cn1c(C)cc2c(c1=O)COC(=O)[C@@]2(C)O)=C(/CO)c1ccccc1N. The number of benzene rings is 1. The summed E-state index contributed by atoms with van der Waals surface area (Å²) in [7, 11) is 0. The Morgan fingerprint density at radius 3 is 2.64 bits per heavy atom. The number of aromatic nitrogens is 1. The Kier molecular flexibility index (Phi) is 5.14. The Labute approximate surface area is 162 Å². The van der Waals surface area contributed by atoms with Crippen molar-refractivity contribution in [2.75, 3.05) is 12.3 Å². The van der Waals surface area contributed by atoms with Crippen LogP contribution in [0.1, 0.15) is 36.2 Å². The number of nitrogens with zero attached hydrogens (tertiary/aromatic N) is 1. The van der Waals surface area contributed by atoms with Gasteiger partial charge in [0.1, 0.15) is 6.61 Å². The van der Waals surface area contributed by atoms with Crippen LogP contribution in [0.3, 0.4) is 0 Å². The normalized spacial score (nSPS) is 19.7. The van der Waals surface area contributed by atoms with E-state index in [1.165, 1.54) is 11.5 Å². The van der Waals surface area contributed by atoms with E-state index in [1.807, 2.05) is 25.1 Å². The van der Waals surface area contributed by atoms with Gasteiger partial charge in [0.05, 0.1) is 12.2 Å². The predicted molar refractivity (Wildman–Crippen MR) is 105 cm³/mol. The molecule has 0 amide bonds. The number of esters is 1. The van der Waals surface area contributed by atoms with Crippen LogP contribution >= 0.6 is 0 Å². The number of nitrogen functional groups attached to an aromatic ring is 1. The van der Waals surface area contributed by atoms with E-state index in [-0.39, 0.29) is 36.4 Å². The number of ether oxygens (including phenoxy) is 1. The number of hydrogen-bond acceptors (Lipinski definition) is 6. The minimum atomic E-state index is -1.85. The molecule has 0 unspecified atom stereocenters. The highest BCUT2D eigenvalue weighted by Gasteiger charge is 2.41. The lowest BCUT2D eigenvalue weighted by Gasteiger charge is -2.30. The van der Waals surface area contributed by atoms with Gasteiger partial charge in [-0.2, -0.15) is 0 Å². The van der Waals surface area contributed by atoms with E-state index in [9.17, 15) is 19.8 Å². The average Bonchev–Trinajstić information content (AvgIpc) is 2.64. The van der Waals surface area contributed by atoms with E-state index in [4.69, 9.17) is 10.5 Å². The van der Waals surface area contributed by atoms with E-state index in [0.29, 0.717) is 17.0 Å². The number of aryl methyl sites for hydroxylation is 1. The number of hydrogen-bond donors (Lipinski definition) is 3. The summed E-state index contributed by atoms with van der Waals surface area (Å²) < 4.78 is 6.52. The first-order valence-electron chi connectivity index (χ1n) is 8.96. The fraction of sp³-hybridized carbons (Fsp3) is 0.333. The summed E-state index contributed by atoms with van der Waals surface area (Å²) in [5, 5.41) is 20.3. The number of para-hydroxylation sites is 1. The number of pyridine rings is 1. The van der Waals surface area contributed by atoms with Gasteiger partial charge in [0.15, 0.2) is 5.60 Å². The van der Waals surface area contributed by atoms with Crippen molar-refractivity contribution in [3.8, 4) is 0 Å². The van der Waals surface area contributed by atoms with Crippen LogP contribution in [0.5, 0.6) is 0 Å². The third-order valence-corrected chi connectivity index (χ3v) is 5.23. The minimum Gasteiger partial charge on any atom is -0.458 e. The van der Waals surface area contributed by atoms with Crippen molar-refractivity contribution >= 4 is 17.2 Å². The standard InChI is InChI=1S/C21H24N2O5/c1-12(15(10-24)14-6-4-5-7-18(14)22)9-23-13(2)8-17-16(19(23)25)11-28-20(26)21(17,3)27/h4-8,24,27H,9-11,22H2,1-3H3/b15-12+/t21-/m0/s1. The van der Waals surface area contributed by atoms with Crippen molar-refractivity contribution in [3.05, 3.63) is 68.6 Å². The van der Waals surface area contributed by atoms with E-state index in [1.54, 1.807) is 19.1 Å². The molecule has 1 aromatic heterocycles. The number of allylic oxidation sites excluding steroid dienone is 1. The summed E-state index contributed by atoms with van der Waals surface area (Å²) in [6.45, 7) is 4.73. The fourth-order valence-electron chi connectivity index (χ4n) is 3.53. The van der Waals surface area contributed by atoms with Gasteiger partial charge in [0.25, 0.3) is 5.56 Å². The lowest BCUT2D eigenvalue weighted by molar-refractivity contribution is -0.169. The maximum Gasteiger partial charge on any atom is 0.342 e. The highest BCUT2D eigenvalue weighted by atomic mass is 16.6. The van der Waals surface area contributed by atoms with E-state index in [2.05, 4.69) is 0 Å². The van der Waals surface area contributed by atoms with Gasteiger partial charge < -0.3 is 25.3 Å². The van der Waals surface area contributed by atoms with Gasteiger partial charge in [-0.3, -0.25) is 4.79 Å². The molecular formula is C21H24N2O5. The highest BCUT2D eigenvalue weighted by Crippen LogP contribution is 2.30. The number of carbonyl (C=O) groups is 1. The first-order chi connectivity index (χ1) is 13.2. The molecule has 2 heterocycles. The Bertz CT molecular complexity index is 1030. The van der Waals surface area contributed by atoms with Crippen LogP contribution in [0.4, 0.5) is 5.69 Å². The quantitative estimate of drug-likeness (QED) is 0.543. The molecule has 1 aliphatic heterocycles. The van der Waals surface area contributed by atoms with Crippen LogP contribution in [-0.2, 0) is 28.3 Å². The highest BCUT2D eigenvalue weighted by molar-refractivity contribution is 5.82. The second-order valence-corrected chi connectivity index (χ2v) is 7.22. The minimum absolute atomic E-state index is 0.176. The van der Waals surface area contributed by atoms with Gasteiger partial charge >= 0.3 is 5.97 Å². The van der Waals surface area contributed by atoms with E-state index >= 15 is 0 Å². The third kappa shape index (κ3) is 3.23. The zero-order chi connectivity index (χ0) is 20.6. The van der Waals surface area contributed by atoms with Gasteiger partial charge in [-0.1, -0.05) is 18.2 Å². The maximum absolute atomic E-state index is 13.0. The van der Waals surface area contributed by atoms with Gasteiger partial charge in [-0.25, -0.2) is 4.79 Å². The molecule has 0 bridgehead atoms. The fourth-order valence-corrected chi connectivity index (χ4v) is 3.53. The second kappa shape index (κ2) is 7.26. The lowest BCUT2D eigenvalue weighted by Crippen LogP contribution is -2.43. The van der Waals surface area contributed by atoms with Crippen LogP contribution in [0.25, 0.3) is 5.57 Å². The Morgan fingerprint density at radius 2 is 2.00 bits per heavy atom. The Morgan fingerprint density at radius 1 is 1.32 bits per heavy atom. The topological polar surface area (TPSA) is 115 Å². The maximum atomic E-state index is 13.0. The summed E-state index contributed by atoms with van der Waals surface area (Å²) in [5.74, 6) is -0.769. The van der Waals surface area contributed by atoms with Crippen LogP contribution in [-0.4, -0.2) is 27.4 Å². The summed E-state index contributed by atoms with van der Waals surface area (Å²) >= 11 is 0. The van der Waals surface area contributed by atoms with Crippen LogP contribution in [0.2, 0.25) is 0 Å². The van der Waals surface area contributed by atoms with Gasteiger partial charge in [0.2, 0.25) is 0 Å². The number of fused-ring (bicyclic) bond motifs is 1. The number of nitrogens with two attached hydrogens (primary N) is 1. The van der Waals surface area contributed by atoms with Crippen molar-refractivity contribution in [2.24, 2.45) is 0 Å². The first-order valence-corrected chi connectivity index (χ1v) is 8.96. The average molecular weight is 384 g/mol. The van der Waals surface area contributed by atoms with E-state index in [0.717, 1.165) is 11.1 Å². The number of carbonyl (C=O) groups excluding carboxylic acids is 1. The molecular weight excluding hydrogens is 360 g/mol. The molecule has 0 saturated carbocycles. The van der Waals surface area contributed by atoms with Crippen molar-refractivity contribution in [3.63, 3.8) is 0 Å². The first kappa shape index (κ1) is 19.9. The van der Waals surface area contributed by atoms with Crippen LogP contribution < -0.4 is 11.3 Å². The summed E-state index contributed by atoms with van der Waals surface area (Å²) in [6, 6.07) is 8.87. The molecule has 1 aromatic carbocycles. The summed E-state index contributed by atoms with van der Waals surface area (Å²) in [4.78, 5) is 24.9. The monoisotopic (exact) mass is 384 g/mol. The Balaban J connectivity index is 2.10. The largest absolute Gasteiger partial charge is 0.458 e. The molecule has 1 atom stereocenters. The summed E-state index contributed by atoms with van der Waals surface area (Å²) in [5.41, 5.74) is 7.68. The molecule has 0 saturated heterocycles. The van der Waals surface area contributed by atoms with Crippen molar-refractivity contribution < 1.29 is 19.7 Å². The lowest BCUT2D eigenvalue weighted by atomic mass is 9.90. The zero-order valence-corrected chi connectivity index (χ0v) is 16.2. The van der Waals surface area contributed by atoms with Crippen molar-refractivity contribution in [2.45, 2.75) is 39.5 Å². The molecule has 7 nitrogen and oxygen atoms in total. The molecule has 0 aliphatic carbocycles. The van der Waals surface area contributed by atoms with E-state index < -0.39 is 11.6 Å². The Hall–Kier alpha value is -2.90. The van der Waals surface area contributed by atoms with Crippen LogP contribution in [0, 0.1) is 6.92 Å². The molecule has 0 radical (unpaired) electrons. The number of anilines is 1. The molecule has 0 fully saturated rings. The molecule has 0 spiro atoms. The number of rotatable bonds is 4. The predicted octanol–water partition coefficient (Wildman–Crippen LogP) is 1.47. The molecule has 4 N–H and O–H groups in total. The molecule has 28 heavy (non-hydrogen) atoms. The second-order valence-electron chi connectivity index (χ2n) is 7.22. The summed E-state index contributed by atoms with van der Waals surface area (Å²) in [6.07, 6.45) is 0. The number of aliphatic hydroxyl groups is 2. The molecule has 1 aliphatic rings. The van der Waals surface area contributed by atoms with Gasteiger partial charge in [-0.05, 0) is 44.1 Å². The third-order valence-electron chi connectivity index (χ3n) is 5.23. The molecule has 3 rings (SSSR count).